The van der Waals surface area contributed by atoms with Gasteiger partial charge in [0, 0.05) is 11.0 Å². The lowest BCUT2D eigenvalue weighted by Crippen LogP contribution is -2.27. The lowest BCUT2D eigenvalue weighted by Gasteiger charge is -2.19. The quantitative estimate of drug-likeness (QED) is 0.807. The Hall–Kier alpha value is -1.41. The molecule has 1 N–H and O–H groups in total. The lowest BCUT2D eigenvalue weighted by atomic mass is 10.2. The van der Waals surface area contributed by atoms with Crippen LogP contribution in [0, 0.1) is 0 Å². The number of ether oxygens (including phenoxy) is 1. The highest BCUT2D eigenvalue weighted by atomic mass is 31.1. The second-order valence-electron chi connectivity index (χ2n) is 4.27. The highest BCUT2D eigenvalue weighted by molar-refractivity contribution is 7.34. The molecule has 16 heavy (non-hydrogen) atoms. The lowest BCUT2D eigenvalue weighted by molar-refractivity contribution is 0.0636. The topological polar surface area (TPSA) is 55.4 Å². The van der Waals surface area contributed by atoms with E-state index in [-0.39, 0.29) is 8.46 Å². The molecule has 1 rings (SSSR count). The molecule has 1 aromatic rings. The first-order valence-corrected chi connectivity index (χ1v) is 5.65. The molecule has 0 atom stereocenters. The number of rotatable bonds is 2. The average Bonchev–Trinajstić information content (AvgIpc) is 2.15. The Labute approximate surface area is 96.2 Å². The van der Waals surface area contributed by atoms with Gasteiger partial charge in [0.15, 0.2) is 8.46 Å². The summed E-state index contributed by atoms with van der Waals surface area (Å²) in [6.45, 7) is 5.37. The van der Waals surface area contributed by atoms with Crippen molar-refractivity contribution in [3.05, 3.63) is 24.3 Å². The Bertz CT molecular complexity index is 398. The summed E-state index contributed by atoms with van der Waals surface area (Å²) in [6.07, 6.45) is -0.521. The third-order valence-electron chi connectivity index (χ3n) is 1.60. The van der Waals surface area contributed by atoms with Gasteiger partial charge in [-0.3, -0.25) is 9.88 Å². The van der Waals surface area contributed by atoms with Crippen molar-refractivity contribution in [3.8, 4) is 0 Å². The molecule has 1 amide bonds. The summed E-state index contributed by atoms with van der Waals surface area (Å²) in [4.78, 5) is 11.4. The van der Waals surface area contributed by atoms with Crippen molar-refractivity contribution in [2.24, 2.45) is 0 Å². The van der Waals surface area contributed by atoms with Gasteiger partial charge in [-0.25, -0.2) is 4.79 Å². The van der Waals surface area contributed by atoms with E-state index in [0.29, 0.717) is 11.0 Å². The maximum absolute atomic E-state index is 11.4. The largest absolute Gasteiger partial charge is 0.444 e. The summed E-state index contributed by atoms with van der Waals surface area (Å²) in [6, 6.07) is 6.75. The molecule has 0 heterocycles. The summed E-state index contributed by atoms with van der Waals surface area (Å²) >= 11 is 0. The Morgan fingerprint density at radius 2 is 2.06 bits per heavy atom. The van der Waals surface area contributed by atoms with Crippen LogP contribution in [0.2, 0.25) is 0 Å². The van der Waals surface area contributed by atoms with Gasteiger partial charge in [0.1, 0.15) is 5.60 Å². The van der Waals surface area contributed by atoms with Gasteiger partial charge in [0.25, 0.3) is 0 Å². The molecule has 0 spiro atoms. The van der Waals surface area contributed by atoms with Gasteiger partial charge in [-0.2, -0.15) is 0 Å². The molecule has 4 nitrogen and oxygen atoms in total. The highest BCUT2D eigenvalue weighted by Gasteiger charge is 2.16. The van der Waals surface area contributed by atoms with Crippen LogP contribution < -0.4 is 10.6 Å². The molecule has 0 saturated heterocycles. The van der Waals surface area contributed by atoms with E-state index in [1.807, 2.05) is 0 Å². The fraction of sp³-hybridized carbons (Fsp3) is 0.364. The second kappa shape index (κ2) is 5.08. The zero-order valence-corrected chi connectivity index (χ0v) is 10.4. The van der Waals surface area contributed by atoms with Gasteiger partial charge in [-0.1, -0.05) is 6.07 Å². The van der Waals surface area contributed by atoms with Crippen LogP contribution in [0.5, 0.6) is 0 Å². The molecular formula is C11H14NO3P. The first kappa shape index (κ1) is 12.7. The number of amides is 1. The summed E-state index contributed by atoms with van der Waals surface area (Å²) in [5.74, 6) is 0. The van der Waals surface area contributed by atoms with Crippen molar-refractivity contribution < 1.29 is 14.1 Å². The summed E-state index contributed by atoms with van der Waals surface area (Å²) in [5, 5.41) is 3.17. The van der Waals surface area contributed by atoms with Crippen LogP contribution in [-0.2, 0) is 9.30 Å². The number of hydrogen-bond acceptors (Lipinski definition) is 3. The van der Waals surface area contributed by atoms with E-state index in [4.69, 9.17) is 4.74 Å². The van der Waals surface area contributed by atoms with Crippen molar-refractivity contribution in [1.29, 1.82) is 0 Å². The van der Waals surface area contributed by atoms with E-state index in [0.717, 1.165) is 0 Å². The van der Waals surface area contributed by atoms with Gasteiger partial charge < -0.3 is 4.74 Å². The van der Waals surface area contributed by atoms with E-state index in [1.165, 1.54) is 0 Å². The summed E-state index contributed by atoms with van der Waals surface area (Å²) < 4.78 is 15.7. The molecule has 1 aromatic carbocycles. The maximum atomic E-state index is 11.4. The zero-order chi connectivity index (χ0) is 12.2. The fourth-order valence-electron chi connectivity index (χ4n) is 1.06. The normalized spacial score (nSPS) is 11.2. The number of benzene rings is 1. The number of nitrogens with one attached hydrogen (secondary N) is 1. The van der Waals surface area contributed by atoms with Crippen LogP contribution in [-0.4, -0.2) is 11.7 Å². The minimum atomic E-state index is -0.529. The fourth-order valence-corrected chi connectivity index (χ4v) is 1.40. The van der Waals surface area contributed by atoms with Crippen LogP contribution in [0.1, 0.15) is 20.8 Å². The van der Waals surface area contributed by atoms with Gasteiger partial charge >= 0.3 is 6.09 Å². The van der Waals surface area contributed by atoms with Crippen LogP contribution >= 0.6 is 8.46 Å². The zero-order valence-electron chi connectivity index (χ0n) is 9.48. The van der Waals surface area contributed by atoms with E-state index < -0.39 is 11.7 Å². The molecule has 0 unspecified atom stereocenters. The van der Waals surface area contributed by atoms with Gasteiger partial charge in [0.2, 0.25) is 0 Å². The molecule has 0 aromatic heterocycles. The van der Waals surface area contributed by atoms with E-state index in [1.54, 1.807) is 45.0 Å². The number of anilines is 1. The third kappa shape index (κ3) is 4.41. The molecular weight excluding hydrogens is 225 g/mol. The van der Waals surface area contributed by atoms with Crippen molar-refractivity contribution in [2.45, 2.75) is 26.4 Å². The van der Waals surface area contributed by atoms with Gasteiger partial charge in [-0.15, -0.1) is 0 Å². The minimum absolute atomic E-state index is 0.0741. The van der Waals surface area contributed by atoms with Crippen molar-refractivity contribution in [2.75, 3.05) is 5.32 Å². The van der Waals surface area contributed by atoms with E-state index >= 15 is 0 Å². The Kier molecular flexibility index (Phi) is 4.02. The SMILES string of the molecule is CC(C)(C)OC(=O)Nc1cccc(P=O)c1. The van der Waals surface area contributed by atoms with E-state index in [2.05, 4.69) is 5.32 Å². The first-order chi connectivity index (χ1) is 7.40. The maximum Gasteiger partial charge on any atom is 0.412 e. The average molecular weight is 239 g/mol. The number of carbonyl (C=O) groups excluding carboxylic acids is 1. The smallest absolute Gasteiger partial charge is 0.412 e. The molecule has 5 heteroatoms. The van der Waals surface area contributed by atoms with Crippen molar-refractivity contribution in [3.63, 3.8) is 0 Å². The predicted molar refractivity (Wildman–Crippen MR) is 63.5 cm³/mol. The molecule has 0 saturated carbocycles. The second-order valence-corrected chi connectivity index (χ2v) is 4.97. The van der Waals surface area contributed by atoms with Crippen LogP contribution in [0.15, 0.2) is 24.3 Å². The Morgan fingerprint density at radius 1 is 1.38 bits per heavy atom. The molecule has 0 radical (unpaired) electrons. The van der Waals surface area contributed by atoms with Crippen LogP contribution in [0.25, 0.3) is 0 Å². The predicted octanol–water partition coefficient (Wildman–Crippen LogP) is 2.95. The monoisotopic (exact) mass is 239 g/mol. The van der Waals surface area contributed by atoms with Gasteiger partial charge in [0.05, 0.1) is 0 Å². The molecule has 0 aliphatic carbocycles. The summed E-state index contributed by atoms with van der Waals surface area (Å²) in [5.41, 5.74) is 0.0356. The molecule has 0 aliphatic heterocycles. The van der Waals surface area contributed by atoms with Gasteiger partial charge in [-0.05, 0) is 39.0 Å². The number of hydrogen-bond donors (Lipinski definition) is 1. The molecule has 0 fully saturated rings. The third-order valence-corrected chi connectivity index (χ3v) is 2.09. The Morgan fingerprint density at radius 3 is 2.62 bits per heavy atom. The van der Waals surface area contributed by atoms with Crippen LogP contribution in [0.3, 0.4) is 0 Å². The van der Waals surface area contributed by atoms with E-state index in [9.17, 15) is 9.36 Å². The minimum Gasteiger partial charge on any atom is -0.444 e. The van der Waals surface area contributed by atoms with Crippen LogP contribution in [0.4, 0.5) is 10.5 Å². The molecule has 0 bridgehead atoms. The van der Waals surface area contributed by atoms with Crippen molar-refractivity contribution in [1.82, 2.24) is 0 Å². The first-order valence-electron chi connectivity index (χ1n) is 4.84. The standard InChI is InChI=1S/C11H14NO3P/c1-11(2,3)15-10(13)12-8-5-4-6-9(7-8)16-14/h4-7H,1-3H3,(H,12,13). The molecule has 0 aliphatic rings. The Balaban J connectivity index is 2.66. The summed E-state index contributed by atoms with van der Waals surface area (Å²) in [7, 11) is -0.0741. The highest BCUT2D eigenvalue weighted by Crippen LogP contribution is 2.11. The molecule has 86 valence electrons. The number of carbonyl (C=O) groups is 1. The van der Waals surface area contributed by atoms with Crippen molar-refractivity contribution >= 4 is 25.5 Å².